The lowest BCUT2D eigenvalue weighted by Crippen LogP contribution is -1.93. The number of fused-ring (bicyclic) bond motifs is 1. The van der Waals surface area contributed by atoms with E-state index in [1.807, 2.05) is 6.07 Å². The number of aliphatic carboxylic acids is 1. The first-order valence-electron chi connectivity index (χ1n) is 4.92. The van der Waals surface area contributed by atoms with E-state index in [4.69, 9.17) is 5.11 Å². The first-order valence-corrected chi connectivity index (χ1v) is 5.37. The van der Waals surface area contributed by atoms with E-state index >= 15 is 0 Å². The van der Waals surface area contributed by atoms with Crippen LogP contribution in [0.2, 0.25) is 0 Å². The summed E-state index contributed by atoms with van der Waals surface area (Å²) in [4.78, 5) is 10.7. The zero-order valence-corrected chi connectivity index (χ0v) is 9.13. The van der Waals surface area contributed by atoms with Crippen molar-refractivity contribution in [1.29, 1.82) is 0 Å². The van der Waals surface area contributed by atoms with Gasteiger partial charge in [-0.1, -0.05) is 18.2 Å². The number of carbonyl (C=O) groups is 1. The van der Waals surface area contributed by atoms with Crippen molar-refractivity contribution in [1.82, 2.24) is 0 Å². The van der Waals surface area contributed by atoms with Crippen LogP contribution in [0.5, 0.6) is 0 Å². The highest BCUT2D eigenvalue weighted by Gasteiger charge is 2.10. The van der Waals surface area contributed by atoms with E-state index in [1.165, 1.54) is 17.5 Å². The first kappa shape index (κ1) is 10.3. The summed E-state index contributed by atoms with van der Waals surface area (Å²) in [6.45, 7) is 0. The molecule has 0 saturated heterocycles. The fourth-order valence-electron chi connectivity index (χ4n) is 1.90. The number of thiol groups is 1. The van der Waals surface area contributed by atoms with Crippen molar-refractivity contribution in [3.05, 3.63) is 39.8 Å². The van der Waals surface area contributed by atoms with E-state index in [0.717, 1.165) is 18.4 Å². The second-order valence-corrected chi connectivity index (χ2v) is 4.20. The predicted octanol–water partition coefficient (Wildman–Crippen LogP) is 2.53. The molecule has 0 amide bonds. The van der Waals surface area contributed by atoms with Gasteiger partial charge >= 0.3 is 5.97 Å². The van der Waals surface area contributed by atoms with Gasteiger partial charge < -0.3 is 5.11 Å². The van der Waals surface area contributed by atoms with Gasteiger partial charge in [-0.3, -0.25) is 0 Å². The molecular weight excluding hydrogens is 208 g/mol. The standard InChI is InChI=1S/C12H12O2S/c13-12(14)11(15)7-8-4-5-9-2-1-3-10(9)6-8/h4-7,15H,1-3H2,(H,13,14)/b11-7+. The SMILES string of the molecule is O=C(O)/C(S)=C\c1ccc2c(c1)CCC2. The molecule has 3 heteroatoms. The molecule has 0 radical (unpaired) electrons. The van der Waals surface area contributed by atoms with E-state index in [-0.39, 0.29) is 4.91 Å². The Morgan fingerprint density at radius 3 is 2.80 bits per heavy atom. The van der Waals surface area contributed by atoms with Crippen LogP contribution in [0.3, 0.4) is 0 Å². The third-order valence-corrected chi connectivity index (χ3v) is 2.97. The Hall–Kier alpha value is -1.22. The Labute approximate surface area is 94.0 Å². The summed E-state index contributed by atoms with van der Waals surface area (Å²) >= 11 is 3.90. The minimum Gasteiger partial charge on any atom is -0.477 e. The van der Waals surface area contributed by atoms with Crippen molar-refractivity contribution in [2.24, 2.45) is 0 Å². The molecule has 0 aromatic heterocycles. The Morgan fingerprint density at radius 1 is 1.33 bits per heavy atom. The molecule has 1 aliphatic rings. The molecule has 1 aliphatic carbocycles. The molecule has 1 aromatic carbocycles. The molecule has 78 valence electrons. The van der Waals surface area contributed by atoms with Crippen LogP contribution in [0.1, 0.15) is 23.1 Å². The lowest BCUT2D eigenvalue weighted by molar-refractivity contribution is -0.131. The van der Waals surface area contributed by atoms with Gasteiger partial charge in [0.05, 0.1) is 4.91 Å². The molecule has 0 unspecified atom stereocenters. The molecule has 0 aliphatic heterocycles. The average Bonchev–Trinajstić information content (AvgIpc) is 2.64. The average molecular weight is 220 g/mol. The van der Waals surface area contributed by atoms with Crippen LogP contribution in [0.15, 0.2) is 23.1 Å². The van der Waals surface area contributed by atoms with Crippen LogP contribution in [-0.4, -0.2) is 11.1 Å². The molecule has 2 nitrogen and oxygen atoms in total. The van der Waals surface area contributed by atoms with Gasteiger partial charge in [0.25, 0.3) is 0 Å². The zero-order valence-electron chi connectivity index (χ0n) is 8.23. The van der Waals surface area contributed by atoms with Crippen molar-refractivity contribution in [2.45, 2.75) is 19.3 Å². The second kappa shape index (κ2) is 4.11. The topological polar surface area (TPSA) is 37.3 Å². The summed E-state index contributed by atoms with van der Waals surface area (Å²) in [7, 11) is 0. The van der Waals surface area contributed by atoms with Gasteiger partial charge in [0.1, 0.15) is 0 Å². The largest absolute Gasteiger partial charge is 0.477 e. The Balaban J connectivity index is 2.31. The van der Waals surface area contributed by atoms with Crippen LogP contribution in [0.4, 0.5) is 0 Å². The summed E-state index contributed by atoms with van der Waals surface area (Å²) < 4.78 is 0. The monoisotopic (exact) mass is 220 g/mol. The third-order valence-electron chi connectivity index (χ3n) is 2.65. The maximum atomic E-state index is 10.6. The molecule has 0 spiro atoms. The number of carboxylic acids is 1. The molecule has 1 N–H and O–H groups in total. The quantitative estimate of drug-likeness (QED) is 0.593. The minimum absolute atomic E-state index is 0.0768. The third kappa shape index (κ3) is 2.23. The maximum Gasteiger partial charge on any atom is 0.341 e. The van der Waals surface area contributed by atoms with Gasteiger partial charge in [-0.15, -0.1) is 12.6 Å². The number of rotatable bonds is 2. The van der Waals surface area contributed by atoms with Gasteiger partial charge in [-0.05, 0) is 42.0 Å². The van der Waals surface area contributed by atoms with E-state index in [9.17, 15) is 4.79 Å². The van der Waals surface area contributed by atoms with Crippen molar-refractivity contribution in [3.8, 4) is 0 Å². The minimum atomic E-state index is -0.987. The lowest BCUT2D eigenvalue weighted by atomic mass is 10.1. The fraction of sp³-hybridized carbons (Fsp3) is 0.250. The lowest BCUT2D eigenvalue weighted by Gasteiger charge is -2.01. The number of hydrogen-bond acceptors (Lipinski definition) is 2. The number of aryl methyl sites for hydroxylation is 2. The number of hydrogen-bond donors (Lipinski definition) is 2. The summed E-state index contributed by atoms with van der Waals surface area (Å²) in [5.74, 6) is -0.987. The molecule has 0 heterocycles. The van der Waals surface area contributed by atoms with Gasteiger partial charge in [0.15, 0.2) is 0 Å². The normalized spacial score (nSPS) is 15.1. The highest BCUT2D eigenvalue weighted by atomic mass is 32.1. The van der Waals surface area contributed by atoms with Crippen LogP contribution in [0, 0.1) is 0 Å². The summed E-state index contributed by atoms with van der Waals surface area (Å²) in [5, 5.41) is 8.69. The van der Waals surface area contributed by atoms with E-state index in [2.05, 4.69) is 24.8 Å². The smallest absolute Gasteiger partial charge is 0.341 e. The van der Waals surface area contributed by atoms with Gasteiger partial charge in [0.2, 0.25) is 0 Å². The van der Waals surface area contributed by atoms with Crippen LogP contribution in [-0.2, 0) is 17.6 Å². The Morgan fingerprint density at radius 2 is 2.07 bits per heavy atom. The van der Waals surface area contributed by atoms with Crippen molar-refractivity contribution >= 4 is 24.7 Å². The van der Waals surface area contributed by atoms with Crippen molar-refractivity contribution in [3.63, 3.8) is 0 Å². The van der Waals surface area contributed by atoms with Crippen LogP contribution in [0.25, 0.3) is 6.08 Å². The van der Waals surface area contributed by atoms with Crippen LogP contribution >= 0.6 is 12.6 Å². The maximum absolute atomic E-state index is 10.6. The first-order chi connectivity index (χ1) is 7.16. The molecular formula is C12H12O2S. The highest BCUT2D eigenvalue weighted by molar-refractivity contribution is 7.85. The van der Waals surface area contributed by atoms with E-state index in [1.54, 1.807) is 6.08 Å². The van der Waals surface area contributed by atoms with E-state index < -0.39 is 5.97 Å². The summed E-state index contributed by atoms with van der Waals surface area (Å²) in [6.07, 6.45) is 5.04. The predicted molar refractivity (Wildman–Crippen MR) is 63.1 cm³/mol. The Kier molecular flexibility index (Phi) is 2.82. The van der Waals surface area contributed by atoms with Crippen molar-refractivity contribution in [2.75, 3.05) is 0 Å². The zero-order chi connectivity index (χ0) is 10.8. The van der Waals surface area contributed by atoms with E-state index in [0.29, 0.717) is 0 Å². The fourth-order valence-corrected chi connectivity index (χ4v) is 2.05. The Bertz CT molecular complexity index is 435. The van der Waals surface area contributed by atoms with Crippen LogP contribution < -0.4 is 0 Å². The molecule has 0 atom stereocenters. The van der Waals surface area contributed by atoms with Gasteiger partial charge in [-0.25, -0.2) is 4.79 Å². The van der Waals surface area contributed by atoms with Gasteiger partial charge in [-0.2, -0.15) is 0 Å². The number of benzene rings is 1. The number of carboxylic acid groups (broad SMARTS) is 1. The summed E-state index contributed by atoms with van der Waals surface area (Å²) in [5.41, 5.74) is 3.65. The molecule has 0 saturated carbocycles. The second-order valence-electron chi connectivity index (χ2n) is 3.72. The highest BCUT2D eigenvalue weighted by Crippen LogP contribution is 2.24. The van der Waals surface area contributed by atoms with Crippen molar-refractivity contribution < 1.29 is 9.90 Å². The molecule has 0 bridgehead atoms. The molecule has 2 rings (SSSR count). The van der Waals surface area contributed by atoms with Gasteiger partial charge in [0, 0.05) is 0 Å². The summed E-state index contributed by atoms with van der Waals surface area (Å²) in [6, 6.07) is 6.09. The molecule has 1 aromatic rings. The molecule has 15 heavy (non-hydrogen) atoms. The molecule has 0 fully saturated rings.